The molecule has 150 valence electrons. The van der Waals surface area contributed by atoms with Gasteiger partial charge in [0.05, 0.1) is 13.2 Å². The SMILES string of the molecule is CCOC(=O)CCCCCCNCC(=O)N(c1ccccc1)c1ccccc1. The lowest BCUT2D eigenvalue weighted by Crippen LogP contribution is -2.35. The molecule has 28 heavy (non-hydrogen) atoms. The van der Waals surface area contributed by atoms with Crippen molar-refractivity contribution in [1.82, 2.24) is 5.32 Å². The van der Waals surface area contributed by atoms with Crippen LogP contribution in [0.1, 0.15) is 39.0 Å². The Morgan fingerprint density at radius 1 is 0.857 bits per heavy atom. The topological polar surface area (TPSA) is 58.6 Å². The van der Waals surface area contributed by atoms with Gasteiger partial charge in [0, 0.05) is 17.8 Å². The fourth-order valence-electron chi connectivity index (χ4n) is 2.97. The van der Waals surface area contributed by atoms with E-state index in [-0.39, 0.29) is 18.4 Å². The molecule has 0 atom stereocenters. The fraction of sp³-hybridized carbons (Fsp3) is 0.391. The Kier molecular flexibility index (Phi) is 9.80. The Labute approximate surface area is 167 Å². The van der Waals surface area contributed by atoms with Gasteiger partial charge < -0.3 is 10.1 Å². The maximum absolute atomic E-state index is 12.8. The first-order valence-corrected chi connectivity index (χ1v) is 10.0. The summed E-state index contributed by atoms with van der Waals surface area (Å²) in [6, 6.07) is 19.4. The van der Waals surface area contributed by atoms with Crippen LogP contribution in [0.5, 0.6) is 0 Å². The summed E-state index contributed by atoms with van der Waals surface area (Å²) in [6.07, 6.45) is 4.35. The minimum absolute atomic E-state index is 0.0136. The molecule has 2 aromatic carbocycles. The van der Waals surface area contributed by atoms with Gasteiger partial charge in [-0.1, -0.05) is 49.2 Å². The molecule has 0 aromatic heterocycles. The normalized spacial score (nSPS) is 10.5. The summed E-state index contributed by atoms with van der Waals surface area (Å²) in [5.41, 5.74) is 1.72. The van der Waals surface area contributed by atoms with E-state index in [9.17, 15) is 9.59 Å². The molecule has 1 amide bonds. The molecule has 0 fully saturated rings. The third-order valence-corrected chi connectivity index (χ3v) is 4.34. The summed E-state index contributed by atoms with van der Waals surface area (Å²) in [4.78, 5) is 25.8. The van der Waals surface area contributed by atoms with E-state index in [1.165, 1.54) is 0 Å². The van der Waals surface area contributed by atoms with Gasteiger partial charge in [-0.05, 0) is 50.6 Å². The number of benzene rings is 2. The third-order valence-electron chi connectivity index (χ3n) is 4.34. The number of esters is 1. The van der Waals surface area contributed by atoms with Gasteiger partial charge >= 0.3 is 5.97 Å². The molecule has 0 unspecified atom stereocenters. The number of anilines is 2. The molecule has 0 aliphatic rings. The maximum atomic E-state index is 12.8. The molecule has 0 aliphatic heterocycles. The number of para-hydroxylation sites is 2. The van der Waals surface area contributed by atoms with Crippen molar-refractivity contribution < 1.29 is 14.3 Å². The van der Waals surface area contributed by atoms with Gasteiger partial charge in [0.2, 0.25) is 5.91 Å². The number of ether oxygens (including phenoxy) is 1. The lowest BCUT2D eigenvalue weighted by molar-refractivity contribution is -0.143. The van der Waals surface area contributed by atoms with Crippen LogP contribution in [0.2, 0.25) is 0 Å². The van der Waals surface area contributed by atoms with Crippen LogP contribution in [0.4, 0.5) is 11.4 Å². The monoisotopic (exact) mass is 382 g/mol. The zero-order valence-corrected chi connectivity index (χ0v) is 16.6. The van der Waals surface area contributed by atoms with Crippen LogP contribution < -0.4 is 10.2 Å². The van der Waals surface area contributed by atoms with E-state index in [0.29, 0.717) is 13.0 Å². The number of unbranched alkanes of at least 4 members (excludes halogenated alkanes) is 3. The second-order valence-corrected chi connectivity index (χ2v) is 6.55. The number of nitrogens with one attached hydrogen (secondary N) is 1. The number of rotatable bonds is 12. The first kappa shape index (κ1) is 21.6. The number of hydrogen-bond acceptors (Lipinski definition) is 4. The Bertz CT molecular complexity index is 665. The number of hydrogen-bond donors (Lipinski definition) is 1. The van der Waals surface area contributed by atoms with Gasteiger partial charge in [0.25, 0.3) is 0 Å². The van der Waals surface area contributed by atoms with E-state index in [1.54, 1.807) is 4.90 Å². The highest BCUT2D eigenvalue weighted by molar-refractivity contribution is 6.01. The molecule has 0 heterocycles. The van der Waals surface area contributed by atoms with Gasteiger partial charge in [0.15, 0.2) is 0 Å². The van der Waals surface area contributed by atoms with Crippen molar-refractivity contribution in [3.05, 3.63) is 60.7 Å². The number of carbonyl (C=O) groups is 2. The summed E-state index contributed by atoms with van der Waals surface area (Å²) < 4.78 is 4.92. The van der Waals surface area contributed by atoms with E-state index in [1.807, 2.05) is 67.6 Å². The van der Waals surface area contributed by atoms with Crippen LogP contribution in [0, 0.1) is 0 Å². The average Bonchev–Trinajstić information content (AvgIpc) is 2.72. The van der Waals surface area contributed by atoms with Gasteiger partial charge in [-0.15, -0.1) is 0 Å². The lowest BCUT2D eigenvalue weighted by Gasteiger charge is -2.23. The van der Waals surface area contributed by atoms with Crippen LogP contribution in [0.3, 0.4) is 0 Å². The van der Waals surface area contributed by atoms with Gasteiger partial charge in [-0.2, -0.15) is 0 Å². The predicted molar refractivity (Wildman–Crippen MR) is 113 cm³/mol. The number of nitrogens with zero attached hydrogens (tertiary/aromatic N) is 1. The molecule has 0 aliphatic carbocycles. The Morgan fingerprint density at radius 2 is 1.43 bits per heavy atom. The van der Waals surface area contributed by atoms with Crippen LogP contribution in [0.15, 0.2) is 60.7 Å². The summed E-state index contributed by atoms with van der Waals surface area (Å²) in [5.74, 6) is -0.104. The molecule has 0 saturated carbocycles. The molecule has 0 radical (unpaired) electrons. The highest BCUT2D eigenvalue weighted by atomic mass is 16.5. The van der Waals surface area contributed by atoms with Crippen molar-refractivity contribution in [3.8, 4) is 0 Å². The first-order valence-electron chi connectivity index (χ1n) is 10.0. The first-order chi connectivity index (χ1) is 13.7. The fourth-order valence-corrected chi connectivity index (χ4v) is 2.97. The molecule has 0 spiro atoms. The maximum Gasteiger partial charge on any atom is 0.305 e. The Hall–Kier alpha value is -2.66. The largest absolute Gasteiger partial charge is 0.466 e. The molecular weight excluding hydrogens is 352 g/mol. The van der Waals surface area contributed by atoms with E-state index < -0.39 is 0 Å². The van der Waals surface area contributed by atoms with E-state index in [2.05, 4.69) is 5.32 Å². The molecule has 5 nitrogen and oxygen atoms in total. The van der Waals surface area contributed by atoms with Crippen LogP contribution >= 0.6 is 0 Å². The van der Waals surface area contributed by atoms with Gasteiger partial charge in [0.1, 0.15) is 0 Å². The molecule has 1 N–H and O–H groups in total. The zero-order chi connectivity index (χ0) is 20.0. The van der Waals surface area contributed by atoms with Crippen molar-refractivity contribution >= 4 is 23.3 Å². The third kappa shape index (κ3) is 7.53. The minimum atomic E-state index is -0.117. The van der Waals surface area contributed by atoms with Crippen molar-refractivity contribution in [2.45, 2.75) is 39.0 Å². The minimum Gasteiger partial charge on any atom is -0.466 e. The predicted octanol–water partition coefficient (Wildman–Crippen LogP) is 4.45. The van der Waals surface area contributed by atoms with Crippen molar-refractivity contribution in [2.75, 3.05) is 24.6 Å². The van der Waals surface area contributed by atoms with Crippen LogP contribution in [-0.2, 0) is 14.3 Å². The quantitative estimate of drug-likeness (QED) is 0.435. The summed E-state index contributed by atoms with van der Waals surface area (Å²) >= 11 is 0. The van der Waals surface area contributed by atoms with Crippen molar-refractivity contribution in [2.24, 2.45) is 0 Å². The molecule has 5 heteroatoms. The van der Waals surface area contributed by atoms with Crippen molar-refractivity contribution in [3.63, 3.8) is 0 Å². The van der Waals surface area contributed by atoms with Gasteiger partial charge in [-0.3, -0.25) is 14.5 Å². The molecule has 0 saturated heterocycles. The molecule has 2 rings (SSSR count). The van der Waals surface area contributed by atoms with Crippen molar-refractivity contribution in [1.29, 1.82) is 0 Å². The standard InChI is InChI=1S/C23H30N2O3/c1-2-28-23(27)17-11-3-4-12-18-24-19-22(26)25(20-13-7-5-8-14-20)21-15-9-6-10-16-21/h5-10,13-16,24H,2-4,11-12,17-19H2,1H3. The number of amides is 1. The van der Waals surface area contributed by atoms with E-state index >= 15 is 0 Å². The second kappa shape index (κ2) is 12.7. The zero-order valence-electron chi connectivity index (χ0n) is 16.6. The Balaban J connectivity index is 1.73. The van der Waals surface area contributed by atoms with Crippen LogP contribution in [0.25, 0.3) is 0 Å². The van der Waals surface area contributed by atoms with E-state index in [4.69, 9.17) is 4.74 Å². The molecular formula is C23H30N2O3. The van der Waals surface area contributed by atoms with E-state index in [0.717, 1.165) is 43.6 Å². The smallest absolute Gasteiger partial charge is 0.305 e. The lowest BCUT2D eigenvalue weighted by atomic mass is 10.1. The number of carbonyl (C=O) groups excluding carboxylic acids is 2. The second-order valence-electron chi connectivity index (χ2n) is 6.55. The Morgan fingerprint density at radius 3 is 2.00 bits per heavy atom. The van der Waals surface area contributed by atoms with Crippen LogP contribution in [-0.4, -0.2) is 31.6 Å². The molecule has 2 aromatic rings. The average molecular weight is 383 g/mol. The highest BCUT2D eigenvalue weighted by Crippen LogP contribution is 2.24. The van der Waals surface area contributed by atoms with Gasteiger partial charge in [-0.25, -0.2) is 0 Å². The summed E-state index contributed by atoms with van der Waals surface area (Å²) in [6.45, 7) is 3.33. The summed E-state index contributed by atoms with van der Waals surface area (Å²) in [7, 11) is 0. The summed E-state index contributed by atoms with van der Waals surface area (Å²) in [5, 5.41) is 3.24. The molecule has 0 bridgehead atoms. The highest BCUT2D eigenvalue weighted by Gasteiger charge is 2.16.